The molecular formula is C25H20FN5O4. The van der Waals surface area contributed by atoms with Gasteiger partial charge in [0.1, 0.15) is 11.6 Å². The Bertz CT molecular complexity index is 1640. The topological polar surface area (TPSA) is 122 Å². The summed E-state index contributed by atoms with van der Waals surface area (Å²) in [6.07, 6.45) is -0.475. The Morgan fingerprint density at radius 3 is 2.66 bits per heavy atom. The van der Waals surface area contributed by atoms with Crippen molar-refractivity contribution < 1.29 is 18.7 Å². The molecule has 3 N–H and O–H groups in total. The summed E-state index contributed by atoms with van der Waals surface area (Å²) < 4.78 is 25.1. The molecule has 0 saturated carbocycles. The lowest BCUT2D eigenvalue weighted by molar-refractivity contribution is 0.186. The van der Waals surface area contributed by atoms with Crippen molar-refractivity contribution in [2.45, 2.75) is 6.42 Å². The van der Waals surface area contributed by atoms with Gasteiger partial charge in [-0.05, 0) is 35.4 Å². The normalized spacial score (nSPS) is 11.1. The standard InChI is InChI=1S/C25H20FN5O4/c1-34-22-12-18(26)14(11-20-15-5-3-4-6-16(15)23(32)31-30-20)9-17(22)13-7-8-19-21(10-13)28-24(27-19)29-25(33)35-2/h3-10,12H,11H2,1-2H3,(H,31,32)(H2,27,28,29,33). The quantitative estimate of drug-likeness (QED) is 0.348. The molecule has 0 radical (unpaired) electrons. The highest BCUT2D eigenvalue weighted by atomic mass is 19.1. The number of rotatable bonds is 5. The number of H-pyrrole nitrogens is 2. The Balaban J connectivity index is 1.57. The van der Waals surface area contributed by atoms with Gasteiger partial charge in [-0.25, -0.2) is 19.3 Å². The summed E-state index contributed by atoms with van der Waals surface area (Å²) >= 11 is 0. The molecule has 2 heterocycles. The molecule has 5 aromatic rings. The maximum Gasteiger partial charge on any atom is 0.413 e. The number of ether oxygens (including phenoxy) is 2. The van der Waals surface area contributed by atoms with Crippen LogP contribution in [0.4, 0.5) is 15.1 Å². The van der Waals surface area contributed by atoms with Gasteiger partial charge in [-0.1, -0.05) is 24.3 Å². The van der Waals surface area contributed by atoms with Crippen molar-refractivity contribution in [1.82, 2.24) is 20.2 Å². The van der Waals surface area contributed by atoms with Crippen molar-refractivity contribution in [3.8, 4) is 16.9 Å². The Morgan fingerprint density at radius 1 is 1.09 bits per heavy atom. The maximum absolute atomic E-state index is 15.1. The highest BCUT2D eigenvalue weighted by Crippen LogP contribution is 2.35. The molecule has 10 heteroatoms. The molecule has 0 fully saturated rings. The summed E-state index contributed by atoms with van der Waals surface area (Å²) in [5, 5.41) is 10.3. The average Bonchev–Trinajstić information content (AvgIpc) is 3.28. The van der Waals surface area contributed by atoms with E-state index in [9.17, 15) is 9.59 Å². The number of amides is 1. The molecule has 3 aromatic carbocycles. The van der Waals surface area contributed by atoms with Gasteiger partial charge in [-0.2, -0.15) is 5.10 Å². The van der Waals surface area contributed by atoms with Crippen molar-refractivity contribution in [2.75, 3.05) is 19.5 Å². The van der Waals surface area contributed by atoms with Crippen LogP contribution in [0.2, 0.25) is 0 Å². The van der Waals surface area contributed by atoms with E-state index in [0.717, 1.165) is 5.56 Å². The molecule has 1 amide bonds. The van der Waals surface area contributed by atoms with Crippen LogP contribution in [0.3, 0.4) is 0 Å². The zero-order chi connectivity index (χ0) is 24.5. The van der Waals surface area contributed by atoms with E-state index in [1.165, 1.54) is 20.3 Å². The lowest BCUT2D eigenvalue weighted by Gasteiger charge is -2.13. The minimum atomic E-state index is -0.641. The number of aromatic nitrogens is 4. The van der Waals surface area contributed by atoms with Crippen LogP contribution in [-0.4, -0.2) is 40.5 Å². The first-order valence-corrected chi connectivity index (χ1v) is 10.6. The third-order valence-electron chi connectivity index (χ3n) is 5.70. The summed E-state index contributed by atoms with van der Waals surface area (Å²) in [6.45, 7) is 0. The molecule has 35 heavy (non-hydrogen) atoms. The summed E-state index contributed by atoms with van der Waals surface area (Å²) in [5.41, 5.74) is 3.36. The highest BCUT2D eigenvalue weighted by molar-refractivity contribution is 5.89. The molecule has 5 rings (SSSR count). The zero-order valence-corrected chi connectivity index (χ0v) is 18.8. The fourth-order valence-electron chi connectivity index (χ4n) is 4.00. The molecule has 0 atom stereocenters. The Labute approximate surface area is 197 Å². The number of hydrogen-bond acceptors (Lipinski definition) is 6. The van der Waals surface area contributed by atoms with Crippen LogP contribution in [0.5, 0.6) is 5.75 Å². The van der Waals surface area contributed by atoms with Gasteiger partial charge in [0.2, 0.25) is 5.95 Å². The minimum absolute atomic E-state index is 0.166. The van der Waals surface area contributed by atoms with E-state index in [-0.39, 0.29) is 17.9 Å². The molecular weight excluding hydrogens is 453 g/mol. The summed E-state index contributed by atoms with van der Waals surface area (Å²) in [7, 11) is 2.74. The Morgan fingerprint density at radius 2 is 1.89 bits per heavy atom. The molecule has 0 unspecified atom stereocenters. The van der Waals surface area contributed by atoms with Gasteiger partial charge in [-0.15, -0.1) is 0 Å². The van der Waals surface area contributed by atoms with Gasteiger partial charge in [0.25, 0.3) is 5.56 Å². The number of fused-ring (bicyclic) bond motifs is 2. The van der Waals surface area contributed by atoms with Gasteiger partial charge in [-0.3, -0.25) is 10.1 Å². The number of carbonyl (C=O) groups excluding carboxylic acids is 1. The van der Waals surface area contributed by atoms with Gasteiger partial charge in [0.05, 0.1) is 36.3 Å². The molecule has 2 aromatic heterocycles. The van der Waals surface area contributed by atoms with Crippen LogP contribution < -0.4 is 15.6 Å². The maximum atomic E-state index is 15.1. The predicted octanol–water partition coefficient (Wildman–Crippen LogP) is 4.38. The van der Waals surface area contributed by atoms with Crippen LogP contribution in [0.25, 0.3) is 32.9 Å². The lowest BCUT2D eigenvalue weighted by Crippen LogP contribution is -2.11. The van der Waals surface area contributed by atoms with E-state index in [2.05, 4.69) is 30.2 Å². The summed E-state index contributed by atoms with van der Waals surface area (Å²) in [6, 6.07) is 15.6. The summed E-state index contributed by atoms with van der Waals surface area (Å²) in [4.78, 5) is 30.9. The van der Waals surface area contributed by atoms with E-state index < -0.39 is 11.9 Å². The number of benzene rings is 3. The average molecular weight is 473 g/mol. The molecule has 0 aliphatic heterocycles. The second-order valence-corrected chi connectivity index (χ2v) is 7.80. The molecule has 9 nitrogen and oxygen atoms in total. The number of carbonyl (C=O) groups is 1. The van der Waals surface area contributed by atoms with E-state index >= 15 is 4.39 Å². The van der Waals surface area contributed by atoms with Crippen LogP contribution in [0.15, 0.2) is 59.4 Å². The molecule has 0 aliphatic carbocycles. The number of hydrogen-bond donors (Lipinski definition) is 3. The van der Waals surface area contributed by atoms with Gasteiger partial charge >= 0.3 is 6.09 Å². The third kappa shape index (κ3) is 4.17. The van der Waals surface area contributed by atoms with Crippen molar-refractivity contribution in [1.29, 1.82) is 0 Å². The smallest absolute Gasteiger partial charge is 0.413 e. The van der Waals surface area contributed by atoms with E-state index in [1.807, 2.05) is 18.2 Å². The highest BCUT2D eigenvalue weighted by Gasteiger charge is 2.16. The monoisotopic (exact) mass is 473 g/mol. The van der Waals surface area contributed by atoms with Gasteiger partial charge < -0.3 is 14.5 Å². The summed E-state index contributed by atoms with van der Waals surface area (Å²) in [5.74, 6) is 0.152. The fraction of sp³-hybridized carbons (Fsp3) is 0.120. The second-order valence-electron chi connectivity index (χ2n) is 7.80. The van der Waals surface area contributed by atoms with Gasteiger partial charge in [0.15, 0.2) is 0 Å². The van der Waals surface area contributed by atoms with E-state index in [4.69, 9.17) is 4.74 Å². The second kappa shape index (κ2) is 8.90. The predicted molar refractivity (Wildman–Crippen MR) is 129 cm³/mol. The molecule has 176 valence electrons. The van der Waals surface area contributed by atoms with Crippen LogP contribution in [-0.2, 0) is 11.2 Å². The van der Waals surface area contributed by atoms with Crippen molar-refractivity contribution >= 4 is 33.8 Å². The molecule has 0 aliphatic rings. The van der Waals surface area contributed by atoms with Crippen LogP contribution >= 0.6 is 0 Å². The number of methoxy groups -OCH3 is 2. The number of aromatic amines is 2. The number of halogens is 1. The number of nitrogens with zero attached hydrogens (tertiary/aromatic N) is 2. The third-order valence-corrected chi connectivity index (χ3v) is 5.70. The minimum Gasteiger partial charge on any atom is -0.496 e. The first-order chi connectivity index (χ1) is 17.0. The number of imidazole rings is 1. The number of nitrogens with one attached hydrogen (secondary N) is 3. The lowest BCUT2D eigenvalue weighted by atomic mass is 9.97. The van der Waals surface area contributed by atoms with Crippen molar-refractivity contribution in [2.24, 2.45) is 0 Å². The number of anilines is 1. The van der Waals surface area contributed by atoms with E-state index in [1.54, 1.807) is 30.3 Å². The van der Waals surface area contributed by atoms with Gasteiger partial charge in [0, 0.05) is 23.4 Å². The van der Waals surface area contributed by atoms with Crippen LogP contribution in [0, 0.1) is 5.82 Å². The first-order valence-electron chi connectivity index (χ1n) is 10.6. The molecule has 0 spiro atoms. The molecule has 0 saturated heterocycles. The Kier molecular flexibility index (Phi) is 5.61. The first kappa shape index (κ1) is 22.1. The van der Waals surface area contributed by atoms with Crippen LogP contribution in [0.1, 0.15) is 11.3 Å². The Hall–Kier alpha value is -4.73. The van der Waals surface area contributed by atoms with E-state index in [0.29, 0.717) is 44.4 Å². The largest absolute Gasteiger partial charge is 0.496 e. The van der Waals surface area contributed by atoms with Crippen molar-refractivity contribution in [3.63, 3.8) is 0 Å². The zero-order valence-electron chi connectivity index (χ0n) is 18.8. The fourth-order valence-corrected chi connectivity index (χ4v) is 4.00. The molecule has 0 bridgehead atoms. The SMILES string of the molecule is COC(=O)Nc1nc2ccc(-c3cc(Cc4n[nH]c(=O)c5ccccc45)c(F)cc3OC)cc2[nH]1. The van der Waals surface area contributed by atoms with Crippen molar-refractivity contribution in [3.05, 3.63) is 82.0 Å².